The summed E-state index contributed by atoms with van der Waals surface area (Å²) in [5.41, 5.74) is 1.95. The van der Waals surface area contributed by atoms with Gasteiger partial charge in [-0.1, -0.05) is 109 Å². The lowest BCUT2D eigenvalue weighted by atomic mass is 10.0. The standard InChI is InChI=1S/C28H26N4O6.C26H26N4O8.C24H24N4O7S/c1-18(35)13-20(16-33)29-26(36)15-32-25-12-5-4-11-24(25)31(17-34)14-23(28(32)38)30-27(37)22-10-6-8-19-7-2-3-9-21(19)22;1-16(33)11-18(14-31)27-22(34)13-30-21-10-6-5-9-20(21)29(23(35)15-32)12-19(26(30)38)28-25(37)24(36)17-7-3-2-4-8-17;1-14(30)10-16(13-29)25-21(32)12-28-19-7-4-3-6-18(19)27(15(2)31)11-17(24(28)35)26-23(34)22(33)20-8-5-9-36-20/h2-12,16-17,20,23H,13-15H2,1H3,(H,29,36)(H,30,37);2-10,14,18-19,32H,11-13,15H2,1H3,(H,27,34)(H,28,37);3-9,13,16-17H,10-12H2,1-2H3,(H,25,32)(H,26,34)/t20-,23-;18-,19-;16-,17-/m000/s1. The van der Waals surface area contributed by atoms with Gasteiger partial charge in [-0.15, -0.1) is 11.3 Å². The number of aliphatic hydroxyl groups is 1. The van der Waals surface area contributed by atoms with Crippen LogP contribution in [-0.4, -0.2) is 206 Å². The molecule has 112 heavy (non-hydrogen) atoms. The summed E-state index contributed by atoms with van der Waals surface area (Å²) in [6.07, 6.45) is 1.22. The van der Waals surface area contributed by atoms with Gasteiger partial charge in [-0.3, -0.25) is 96.2 Å². The largest absolute Gasteiger partial charge is 0.387 e. The molecule has 33 nitrogen and oxygen atoms in total. The topological polar surface area (TPSA) is 453 Å². The molecule has 0 unspecified atom stereocenters. The van der Waals surface area contributed by atoms with Crippen molar-refractivity contribution >= 4 is 175 Å². The van der Waals surface area contributed by atoms with Gasteiger partial charge in [-0.2, -0.15) is 0 Å². The van der Waals surface area contributed by atoms with Gasteiger partial charge in [0.25, 0.3) is 47.1 Å². The Morgan fingerprint density at radius 2 is 0.848 bits per heavy atom. The lowest BCUT2D eigenvalue weighted by Crippen LogP contribution is -2.56. The fourth-order valence-electron chi connectivity index (χ4n) is 12.2. The minimum absolute atomic E-state index is 0.0826. The van der Waals surface area contributed by atoms with Crippen molar-refractivity contribution in [2.24, 2.45) is 0 Å². The highest BCUT2D eigenvalue weighted by molar-refractivity contribution is 7.13. The molecule has 1 aromatic heterocycles. The van der Waals surface area contributed by atoms with Crippen LogP contribution in [0.3, 0.4) is 0 Å². The molecular formula is C78H76N12O21S. The molecule has 0 aliphatic carbocycles. The molecule has 3 aliphatic rings. The van der Waals surface area contributed by atoms with E-state index in [0.717, 1.165) is 36.3 Å². The monoisotopic (exact) mass is 1550 g/mol. The quantitative estimate of drug-likeness (QED) is 0.0207. The number of thiophene rings is 1. The first-order valence-corrected chi connectivity index (χ1v) is 35.4. The highest BCUT2D eigenvalue weighted by Gasteiger charge is 2.42. The summed E-state index contributed by atoms with van der Waals surface area (Å²) in [7, 11) is 0. The predicted octanol–water partition coefficient (Wildman–Crippen LogP) is 1.48. The number of anilines is 6. The molecule has 0 saturated heterocycles. The van der Waals surface area contributed by atoms with Gasteiger partial charge in [0, 0.05) is 37.3 Å². The number of nitrogens with zero attached hydrogens (tertiary/aromatic N) is 6. The molecule has 4 heterocycles. The second kappa shape index (κ2) is 39.4. The molecule has 0 spiro atoms. The number of hydrogen-bond donors (Lipinski definition) is 7. The minimum Gasteiger partial charge on any atom is -0.387 e. The van der Waals surface area contributed by atoms with Crippen molar-refractivity contribution in [1.82, 2.24) is 31.9 Å². The number of Topliss-reactive ketones (excluding diaryl/α,β-unsaturated/α-hetero) is 5. The van der Waals surface area contributed by atoms with Crippen LogP contribution in [0.15, 0.2) is 163 Å². The van der Waals surface area contributed by atoms with Gasteiger partial charge in [-0.25, -0.2) is 0 Å². The Kier molecular flexibility index (Phi) is 29.5. The molecule has 10 rings (SSSR count). The van der Waals surface area contributed by atoms with Crippen molar-refractivity contribution in [3.63, 3.8) is 0 Å². The Balaban J connectivity index is 0.000000211. The first-order chi connectivity index (χ1) is 53.6. The number of aliphatic hydroxyl groups excluding tert-OH is 1. The van der Waals surface area contributed by atoms with Crippen LogP contribution in [0.5, 0.6) is 0 Å². The highest BCUT2D eigenvalue weighted by atomic mass is 32.1. The summed E-state index contributed by atoms with van der Waals surface area (Å²) in [5, 5.41) is 27.4. The number of benzene rings is 6. The summed E-state index contributed by atoms with van der Waals surface area (Å²) in [6, 6.07) is 35.1. The van der Waals surface area contributed by atoms with E-state index in [1.165, 1.54) is 73.9 Å². The number of fused-ring (bicyclic) bond motifs is 4. The van der Waals surface area contributed by atoms with E-state index in [9.17, 15) is 101 Å². The number of carbonyl (C=O) groups excluding carboxylic acids is 20. The number of ketones is 5. The van der Waals surface area contributed by atoms with Crippen LogP contribution in [0.25, 0.3) is 10.8 Å². The van der Waals surface area contributed by atoms with Gasteiger partial charge < -0.3 is 66.1 Å². The van der Waals surface area contributed by atoms with Gasteiger partial charge in [0.2, 0.25) is 35.8 Å². The molecule has 12 amide bonds. The van der Waals surface area contributed by atoms with E-state index < -0.39 is 146 Å². The van der Waals surface area contributed by atoms with Crippen molar-refractivity contribution in [2.75, 3.05) is 75.3 Å². The average molecular weight is 1550 g/mol. The van der Waals surface area contributed by atoms with Gasteiger partial charge in [0.05, 0.1) is 76.8 Å². The maximum atomic E-state index is 13.7. The molecule has 580 valence electrons. The molecule has 3 aliphatic heterocycles. The van der Waals surface area contributed by atoms with Crippen LogP contribution in [0.1, 0.15) is 77.3 Å². The summed E-state index contributed by atoms with van der Waals surface area (Å²) in [4.78, 5) is 255. The van der Waals surface area contributed by atoms with Crippen molar-refractivity contribution in [3.8, 4) is 0 Å². The van der Waals surface area contributed by atoms with Crippen molar-refractivity contribution < 1.29 is 101 Å². The summed E-state index contributed by atoms with van der Waals surface area (Å²) in [5.74, 6) is -10.9. The van der Waals surface area contributed by atoms with Crippen LogP contribution in [-0.2, 0) is 81.5 Å². The fourth-order valence-corrected chi connectivity index (χ4v) is 12.8. The third-order valence-electron chi connectivity index (χ3n) is 17.3. The molecule has 34 heteroatoms. The van der Waals surface area contributed by atoms with Crippen LogP contribution < -0.4 is 61.3 Å². The zero-order chi connectivity index (χ0) is 81.5. The Hall–Kier alpha value is -13.8. The van der Waals surface area contributed by atoms with E-state index >= 15 is 0 Å². The number of rotatable bonds is 28. The molecule has 0 saturated carbocycles. The average Bonchev–Trinajstić information content (AvgIpc) is 1.63. The molecule has 6 aromatic carbocycles. The SMILES string of the molecule is CC(=O)C[C@@H](C=O)NC(=O)CN1C(=O)[C@@H](NC(=O)C(=O)c2ccccc2)CN(C(=O)CO)c2ccccc21.CC(=O)C[C@@H](C=O)NC(=O)CN1C(=O)[C@@H](NC(=O)C(=O)c2cccs2)CN(C(C)=O)c2ccccc21.CC(=O)C[C@@H](C=O)NC(=O)CN1C(=O)[C@@H](NC(=O)c2cccc3ccccc23)CN(C=O)c2ccccc21. The summed E-state index contributed by atoms with van der Waals surface area (Å²) >= 11 is 1.07. The molecular weight excluding hydrogens is 1470 g/mol. The number of aldehydes is 3. The third kappa shape index (κ3) is 21.6. The molecule has 6 atom stereocenters. The Bertz CT molecular complexity index is 4840. The van der Waals surface area contributed by atoms with Gasteiger partial charge in [0.1, 0.15) is 80.6 Å². The zero-order valence-electron chi connectivity index (χ0n) is 60.6. The summed E-state index contributed by atoms with van der Waals surface area (Å²) in [6.45, 7) is 1.68. The van der Waals surface area contributed by atoms with E-state index in [2.05, 4.69) is 31.9 Å². The number of carbonyl (C=O) groups is 20. The van der Waals surface area contributed by atoms with Crippen molar-refractivity contribution in [1.29, 1.82) is 0 Å². The molecule has 0 bridgehead atoms. The Morgan fingerprint density at radius 3 is 1.29 bits per heavy atom. The number of amides is 12. The second-order valence-corrected chi connectivity index (χ2v) is 26.5. The Labute approximate surface area is 643 Å². The van der Waals surface area contributed by atoms with E-state index in [1.807, 2.05) is 18.2 Å². The van der Waals surface area contributed by atoms with E-state index in [0.29, 0.717) is 47.6 Å². The normalized spacial score (nSPS) is 15.7. The van der Waals surface area contributed by atoms with Gasteiger partial charge in [0.15, 0.2) is 0 Å². The van der Waals surface area contributed by atoms with Crippen molar-refractivity contribution in [2.45, 2.75) is 83.2 Å². The minimum atomic E-state index is -1.47. The first-order valence-electron chi connectivity index (χ1n) is 34.5. The lowest BCUT2D eigenvalue weighted by molar-refractivity contribution is -0.128. The van der Waals surface area contributed by atoms with Gasteiger partial charge in [-0.05, 0) is 85.5 Å². The highest BCUT2D eigenvalue weighted by Crippen LogP contribution is 2.36. The third-order valence-corrected chi connectivity index (χ3v) is 18.1. The van der Waals surface area contributed by atoms with Crippen LogP contribution in [0.4, 0.5) is 34.1 Å². The first kappa shape index (κ1) is 83.9. The van der Waals surface area contributed by atoms with Gasteiger partial charge >= 0.3 is 0 Å². The predicted molar refractivity (Wildman–Crippen MR) is 406 cm³/mol. The van der Waals surface area contributed by atoms with E-state index in [4.69, 9.17) is 0 Å². The van der Waals surface area contributed by atoms with Crippen LogP contribution >= 0.6 is 11.3 Å². The molecule has 7 aromatic rings. The molecule has 7 N–H and O–H groups in total. The van der Waals surface area contributed by atoms with Crippen LogP contribution in [0.2, 0.25) is 0 Å². The summed E-state index contributed by atoms with van der Waals surface area (Å²) < 4.78 is 0. The number of para-hydroxylation sites is 6. The Morgan fingerprint density at radius 1 is 0.446 bits per heavy atom. The smallest absolute Gasteiger partial charge is 0.293 e. The van der Waals surface area contributed by atoms with Crippen molar-refractivity contribution in [3.05, 3.63) is 179 Å². The second-order valence-electron chi connectivity index (χ2n) is 25.5. The molecule has 0 radical (unpaired) electrons. The molecule has 0 fully saturated rings. The number of hydrogen-bond acceptors (Lipinski definition) is 22. The van der Waals surface area contributed by atoms with E-state index in [-0.39, 0.29) is 82.9 Å². The maximum Gasteiger partial charge on any atom is 0.293 e. The van der Waals surface area contributed by atoms with E-state index in [1.54, 1.807) is 109 Å². The lowest BCUT2D eigenvalue weighted by Gasteiger charge is -2.25. The number of nitrogens with one attached hydrogen (secondary N) is 6. The van der Waals surface area contributed by atoms with Crippen LogP contribution in [0, 0.1) is 0 Å². The fraction of sp³-hybridized carbons (Fsp3) is 0.256. The zero-order valence-corrected chi connectivity index (χ0v) is 61.5. The maximum absolute atomic E-state index is 13.7.